The van der Waals surface area contributed by atoms with Crippen molar-refractivity contribution in [1.29, 1.82) is 0 Å². The summed E-state index contributed by atoms with van der Waals surface area (Å²) in [5.74, 6) is -0.0856. The first-order valence-corrected chi connectivity index (χ1v) is 9.31. The molecule has 5 rings (SSSR count). The summed E-state index contributed by atoms with van der Waals surface area (Å²) in [6.45, 7) is 4.40. The van der Waals surface area contributed by atoms with E-state index in [1.165, 1.54) is 0 Å². The van der Waals surface area contributed by atoms with Crippen LogP contribution < -0.4 is 10.6 Å². The molecule has 3 saturated carbocycles. The summed E-state index contributed by atoms with van der Waals surface area (Å²) >= 11 is 6.03. The third kappa shape index (κ3) is 2.51. The number of fused-ring (bicyclic) bond motifs is 3. The Labute approximate surface area is 152 Å². The lowest BCUT2D eigenvalue weighted by atomic mass is 9.51. The summed E-state index contributed by atoms with van der Waals surface area (Å²) in [6, 6.07) is 5.35. The molecule has 0 saturated heterocycles. The molecule has 134 valence electrons. The lowest BCUT2D eigenvalue weighted by Crippen LogP contribution is -2.69. The molecule has 3 fully saturated rings. The Morgan fingerprint density at radius 2 is 2.20 bits per heavy atom. The van der Waals surface area contributed by atoms with Crippen LogP contribution in [0.25, 0.3) is 0 Å². The van der Waals surface area contributed by atoms with Crippen LogP contribution in [-0.4, -0.2) is 24.1 Å². The van der Waals surface area contributed by atoms with Gasteiger partial charge in [-0.05, 0) is 56.2 Å². The van der Waals surface area contributed by atoms with E-state index in [1.54, 1.807) is 12.1 Å². The number of halogens is 1. The zero-order valence-electron chi connectivity index (χ0n) is 14.5. The predicted octanol–water partition coefficient (Wildman–Crippen LogP) is 3.58. The highest BCUT2D eigenvalue weighted by Gasteiger charge is 2.60. The van der Waals surface area contributed by atoms with Crippen LogP contribution in [0.2, 0.25) is 5.02 Å². The number of anilines is 1. The second kappa shape index (κ2) is 5.63. The average Bonchev–Trinajstić information content (AvgIpc) is 2.55. The molecule has 4 atom stereocenters. The molecule has 2 bridgehead atoms. The molecule has 1 aromatic carbocycles. The summed E-state index contributed by atoms with van der Waals surface area (Å²) in [4.78, 5) is 25.1. The van der Waals surface area contributed by atoms with Crippen molar-refractivity contribution in [2.75, 3.05) is 11.9 Å². The highest BCUT2D eigenvalue weighted by Crippen LogP contribution is 2.58. The molecule has 3 aliphatic carbocycles. The maximum atomic E-state index is 12.7. The molecule has 0 radical (unpaired) electrons. The fourth-order valence-corrected chi connectivity index (χ4v) is 5.25. The zero-order chi connectivity index (χ0) is 17.8. The third-order valence-corrected chi connectivity index (χ3v) is 6.53. The number of carbonyl (C=O) groups excluding carboxylic acids is 2. The van der Waals surface area contributed by atoms with Crippen molar-refractivity contribution < 1.29 is 14.3 Å². The van der Waals surface area contributed by atoms with Crippen LogP contribution in [-0.2, 0) is 9.53 Å². The Morgan fingerprint density at radius 1 is 1.40 bits per heavy atom. The fourth-order valence-electron chi connectivity index (χ4n) is 5.08. The number of amides is 1. The number of benzene rings is 1. The second-order valence-corrected chi connectivity index (χ2v) is 8.28. The summed E-state index contributed by atoms with van der Waals surface area (Å²) in [7, 11) is 0. The highest BCUT2D eigenvalue weighted by atomic mass is 35.5. The van der Waals surface area contributed by atoms with E-state index < -0.39 is 5.66 Å². The maximum absolute atomic E-state index is 12.7. The minimum Gasteiger partial charge on any atom is -0.466 e. The average molecular weight is 363 g/mol. The molecule has 4 aliphatic rings. The number of ether oxygens (including phenoxy) is 1. The number of hydrogen-bond donors (Lipinski definition) is 2. The highest BCUT2D eigenvalue weighted by molar-refractivity contribution is 6.31. The van der Waals surface area contributed by atoms with Crippen molar-refractivity contribution in [3.05, 3.63) is 28.8 Å². The first-order valence-electron chi connectivity index (χ1n) is 8.94. The van der Waals surface area contributed by atoms with Crippen molar-refractivity contribution in [2.24, 2.45) is 17.3 Å². The van der Waals surface area contributed by atoms with Crippen molar-refractivity contribution in [1.82, 2.24) is 5.32 Å². The molecule has 1 spiro atoms. The Hall–Kier alpha value is -1.75. The number of hydrogen-bond acceptors (Lipinski definition) is 4. The lowest BCUT2D eigenvalue weighted by Gasteiger charge is -2.60. The quantitative estimate of drug-likeness (QED) is 0.789. The van der Waals surface area contributed by atoms with Crippen LogP contribution in [0.1, 0.15) is 49.9 Å². The normalized spacial score (nSPS) is 35.7. The van der Waals surface area contributed by atoms with Crippen LogP contribution >= 0.6 is 11.6 Å². The Bertz CT molecular complexity index is 752. The lowest BCUT2D eigenvalue weighted by molar-refractivity contribution is -0.163. The molecule has 0 aromatic heterocycles. The van der Waals surface area contributed by atoms with E-state index in [0.29, 0.717) is 17.2 Å². The first kappa shape index (κ1) is 16.7. The van der Waals surface area contributed by atoms with Crippen LogP contribution in [0, 0.1) is 17.3 Å². The Balaban J connectivity index is 1.66. The summed E-state index contributed by atoms with van der Waals surface area (Å²) < 4.78 is 5.30. The minimum atomic E-state index is -0.492. The van der Waals surface area contributed by atoms with E-state index in [1.807, 2.05) is 13.0 Å². The summed E-state index contributed by atoms with van der Waals surface area (Å²) in [5, 5.41) is 7.33. The van der Waals surface area contributed by atoms with Gasteiger partial charge >= 0.3 is 5.97 Å². The summed E-state index contributed by atoms with van der Waals surface area (Å²) in [5.41, 5.74) is 0.725. The van der Waals surface area contributed by atoms with Gasteiger partial charge in [-0.15, -0.1) is 0 Å². The van der Waals surface area contributed by atoms with Crippen LogP contribution in [0.5, 0.6) is 0 Å². The zero-order valence-corrected chi connectivity index (χ0v) is 15.3. The predicted molar refractivity (Wildman–Crippen MR) is 95.5 cm³/mol. The van der Waals surface area contributed by atoms with E-state index in [2.05, 4.69) is 17.6 Å². The maximum Gasteiger partial charge on any atom is 0.309 e. The molecule has 6 heteroatoms. The number of rotatable bonds is 2. The van der Waals surface area contributed by atoms with Gasteiger partial charge in [0.25, 0.3) is 5.91 Å². The minimum absolute atomic E-state index is 0.0952. The number of esters is 1. The van der Waals surface area contributed by atoms with Crippen LogP contribution in [0.3, 0.4) is 0 Å². The molecule has 1 heterocycles. The van der Waals surface area contributed by atoms with Crippen LogP contribution in [0.4, 0.5) is 5.69 Å². The topological polar surface area (TPSA) is 67.4 Å². The van der Waals surface area contributed by atoms with Gasteiger partial charge in [-0.1, -0.05) is 18.5 Å². The molecule has 25 heavy (non-hydrogen) atoms. The van der Waals surface area contributed by atoms with E-state index in [-0.39, 0.29) is 29.1 Å². The SMILES string of the molecule is CCOC(=O)[C@H]1C[C@@H]2CC[C@]1(C)C[C@]21NC(=O)c2cc(Cl)ccc2N1. The molecule has 0 unspecified atom stereocenters. The van der Waals surface area contributed by atoms with E-state index in [9.17, 15) is 9.59 Å². The van der Waals surface area contributed by atoms with Crippen molar-refractivity contribution in [3.63, 3.8) is 0 Å². The summed E-state index contributed by atoms with van der Waals surface area (Å²) in [6.07, 6.45) is 3.43. The van der Waals surface area contributed by atoms with Gasteiger partial charge in [0.05, 0.1) is 18.1 Å². The molecule has 1 aromatic rings. The van der Waals surface area contributed by atoms with Gasteiger partial charge in [-0.3, -0.25) is 9.59 Å². The fraction of sp³-hybridized carbons (Fsp3) is 0.579. The van der Waals surface area contributed by atoms with Crippen LogP contribution in [0.15, 0.2) is 18.2 Å². The van der Waals surface area contributed by atoms with Gasteiger partial charge in [0.15, 0.2) is 0 Å². The smallest absolute Gasteiger partial charge is 0.309 e. The molecule has 5 nitrogen and oxygen atoms in total. The Morgan fingerprint density at radius 3 is 2.92 bits per heavy atom. The second-order valence-electron chi connectivity index (χ2n) is 7.85. The van der Waals surface area contributed by atoms with E-state index in [0.717, 1.165) is 31.4 Å². The van der Waals surface area contributed by atoms with Gasteiger partial charge in [-0.2, -0.15) is 0 Å². The van der Waals surface area contributed by atoms with Gasteiger partial charge in [0, 0.05) is 16.6 Å². The molecular weight excluding hydrogens is 340 g/mol. The van der Waals surface area contributed by atoms with Gasteiger partial charge in [-0.25, -0.2) is 0 Å². The monoisotopic (exact) mass is 362 g/mol. The van der Waals surface area contributed by atoms with Gasteiger partial charge < -0.3 is 15.4 Å². The number of carbonyl (C=O) groups is 2. The standard InChI is InChI=1S/C19H23ClN2O3/c1-3-25-17(24)14-8-11-6-7-18(14,2)10-19(11)21-15-5-4-12(20)9-13(15)16(23)22-19/h4-5,9,11,14,21H,3,6-8,10H2,1-2H3,(H,22,23)/t11-,14+,18+,19-/m0/s1. The molecule has 2 N–H and O–H groups in total. The number of nitrogens with one attached hydrogen (secondary N) is 2. The third-order valence-electron chi connectivity index (χ3n) is 6.30. The van der Waals surface area contributed by atoms with Gasteiger partial charge in [0.2, 0.25) is 0 Å². The largest absolute Gasteiger partial charge is 0.466 e. The van der Waals surface area contributed by atoms with E-state index >= 15 is 0 Å². The van der Waals surface area contributed by atoms with Gasteiger partial charge in [0.1, 0.15) is 5.66 Å². The van der Waals surface area contributed by atoms with Crippen molar-refractivity contribution in [2.45, 2.75) is 45.2 Å². The van der Waals surface area contributed by atoms with Crippen molar-refractivity contribution in [3.8, 4) is 0 Å². The molecule has 1 amide bonds. The first-order chi connectivity index (χ1) is 11.9. The van der Waals surface area contributed by atoms with Crippen molar-refractivity contribution >= 4 is 29.2 Å². The molecule has 1 aliphatic heterocycles. The van der Waals surface area contributed by atoms with E-state index in [4.69, 9.17) is 16.3 Å². The molecular formula is C19H23ClN2O3. The Kier molecular flexibility index (Phi) is 3.76.